The normalized spacial score (nSPS) is 19.7. The van der Waals surface area contributed by atoms with Gasteiger partial charge in [0.15, 0.2) is 11.7 Å². The Bertz CT molecular complexity index is 890. The van der Waals surface area contributed by atoms with E-state index in [1.165, 1.54) is 0 Å². The smallest absolute Gasteiger partial charge is 0.362 e. The highest BCUT2D eigenvalue weighted by molar-refractivity contribution is 9.10. The molecule has 2 aromatic rings. The monoisotopic (exact) mass is 478 g/mol. The Balaban J connectivity index is 2.03. The number of nitrogens with zero attached hydrogens (tertiary/aromatic N) is 2. The van der Waals surface area contributed by atoms with Crippen LogP contribution < -0.4 is 10.6 Å². The molecule has 0 saturated heterocycles. The standard InChI is InChI=1S/C18H19BrClF3N4O/c1-17(2,3)25-16(28)14-13(20)15-24-11(9-4-6-10(19)7-5-9)8-12(18(21,22)23)27(15)26-14/h4-7,11-12,24H,8H2,1-3H3,(H,25,28). The van der Waals surface area contributed by atoms with E-state index in [9.17, 15) is 18.0 Å². The summed E-state index contributed by atoms with van der Waals surface area (Å²) in [7, 11) is 0. The zero-order valence-corrected chi connectivity index (χ0v) is 17.7. The van der Waals surface area contributed by atoms with Crippen LogP contribution in [-0.4, -0.2) is 27.4 Å². The maximum absolute atomic E-state index is 13.7. The fraction of sp³-hybridized carbons (Fsp3) is 0.444. The molecule has 0 spiro atoms. The molecule has 0 aliphatic carbocycles. The molecule has 0 radical (unpaired) electrons. The topological polar surface area (TPSA) is 59.0 Å². The first-order chi connectivity index (χ1) is 12.9. The van der Waals surface area contributed by atoms with Gasteiger partial charge in [-0.05, 0) is 38.5 Å². The first-order valence-electron chi connectivity index (χ1n) is 8.56. The summed E-state index contributed by atoms with van der Waals surface area (Å²) in [6, 6.07) is 4.47. The highest BCUT2D eigenvalue weighted by atomic mass is 79.9. The van der Waals surface area contributed by atoms with E-state index in [-0.39, 0.29) is 23.0 Å². The summed E-state index contributed by atoms with van der Waals surface area (Å²) in [5.41, 5.74) is -0.132. The summed E-state index contributed by atoms with van der Waals surface area (Å²) in [5, 5.41) is 9.47. The van der Waals surface area contributed by atoms with Crippen LogP contribution in [0.3, 0.4) is 0 Å². The van der Waals surface area contributed by atoms with Crippen LogP contribution in [0.4, 0.5) is 19.0 Å². The second-order valence-electron chi connectivity index (χ2n) is 7.70. The molecule has 2 heterocycles. The van der Waals surface area contributed by atoms with Crippen LogP contribution in [0.1, 0.15) is 55.3 Å². The van der Waals surface area contributed by atoms with Gasteiger partial charge >= 0.3 is 6.18 Å². The molecule has 28 heavy (non-hydrogen) atoms. The Morgan fingerprint density at radius 2 is 1.89 bits per heavy atom. The molecule has 0 bridgehead atoms. The number of halogens is 5. The van der Waals surface area contributed by atoms with Crippen LogP contribution in [0.2, 0.25) is 5.02 Å². The Kier molecular flexibility index (Phi) is 5.44. The van der Waals surface area contributed by atoms with E-state index in [1.807, 2.05) is 0 Å². The molecule has 2 atom stereocenters. The number of hydrogen-bond acceptors (Lipinski definition) is 3. The Morgan fingerprint density at radius 3 is 2.43 bits per heavy atom. The van der Waals surface area contributed by atoms with Gasteiger partial charge in [-0.3, -0.25) is 4.79 Å². The summed E-state index contributed by atoms with van der Waals surface area (Å²) in [6.07, 6.45) is -4.81. The number of fused-ring (bicyclic) bond motifs is 1. The van der Waals surface area contributed by atoms with Gasteiger partial charge in [0, 0.05) is 16.4 Å². The van der Waals surface area contributed by atoms with Gasteiger partial charge in [0.2, 0.25) is 0 Å². The van der Waals surface area contributed by atoms with Crippen molar-refractivity contribution in [3.05, 3.63) is 45.0 Å². The van der Waals surface area contributed by atoms with E-state index in [1.54, 1.807) is 45.0 Å². The van der Waals surface area contributed by atoms with E-state index in [0.29, 0.717) is 5.56 Å². The minimum absolute atomic E-state index is 0.0118. The zero-order valence-electron chi connectivity index (χ0n) is 15.4. The van der Waals surface area contributed by atoms with Crippen LogP contribution in [0, 0.1) is 0 Å². The molecule has 5 nitrogen and oxygen atoms in total. The maximum Gasteiger partial charge on any atom is 0.410 e. The van der Waals surface area contributed by atoms with Crippen molar-refractivity contribution in [1.82, 2.24) is 15.1 Å². The van der Waals surface area contributed by atoms with Crippen molar-refractivity contribution >= 4 is 39.3 Å². The number of carbonyl (C=O) groups excluding carboxylic acids is 1. The van der Waals surface area contributed by atoms with E-state index >= 15 is 0 Å². The van der Waals surface area contributed by atoms with Gasteiger partial charge in [-0.2, -0.15) is 18.3 Å². The van der Waals surface area contributed by atoms with Gasteiger partial charge in [-0.15, -0.1) is 0 Å². The van der Waals surface area contributed by atoms with Gasteiger partial charge < -0.3 is 10.6 Å². The van der Waals surface area contributed by atoms with E-state index in [2.05, 4.69) is 31.7 Å². The van der Waals surface area contributed by atoms with Gasteiger partial charge in [0.05, 0.1) is 6.04 Å². The maximum atomic E-state index is 13.7. The fourth-order valence-corrected chi connectivity index (χ4v) is 3.58. The summed E-state index contributed by atoms with van der Waals surface area (Å²) in [4.78, 5) is 12.5. The van der Waals surface area contributed by atoms with Crippen molar-refractivity contribution in [2.45, 2.75) is 51.0 Å². The summed E-state index contributed by atoms with van der Waals surface area (Å²) in [6.45, 7) is 5.28. The molecule has 1 aliphatic rings. The lowest BCUT2D eigenvalue weighted by Gasteiger charge is -2.33. The first kappa shape index (κ1) is 21.0. The SMILES string of the molecule is CC(C)(C)NC(=O)c1nn2c(c1Cl)NC(c1ccc(Br)cc1)CC2C(F)(F)F. The lowest BCUT2D eigenvalue weighted by Crippen LogP contribution is -2.41. The lowest BCUT2D eigenvalue weighted by molar-refractivity contribution is -0.173. The van der Waals surface area contributed by atoms with Crippen LogP contribution in [0.5, 0.6) is 0 Å². The molecular formula is C18H19BrClF3N4O. The third-order valence-electron chi connectivity index (χ3n) is 4.27. The minimum atomic E-state index is -4.54. The van der Waals surface area contributed by atoms with Crippen LogP contribution in [0.15, 0.2) is 28.7 Å². The molecule has 3 rings (SSSR count). The number of alkyl halides is 3. The average molecular weight is 480 g/mol. The molecule has 10 heteroatoms. The molecular weight excluding hydrogens is 461 g/mol. The number of aromatic nitrogens is 2. The largest absolute Gasteiger partial charge is 0.410 e. The Labute approximate surface area is 173 Å². The van der Waals surface area contributed by atoms with Gasteiger partial charge in [0.1, 0.15) is 10.8 Å². The Hall–Kier alpha value is -1.74. The van der Waals surface area contributed by atoms with Crippen LogP contribution in [0.25, 0.3) is 0 Å². The molecule has 2 unspecified atom stereocenters. The third-order valence-corrected chi connectivity index (χ3v) is 5.16. The molecule has 0 saturated carbocycles. The highest BCUT2D eigenvalue weighted by Crippen LogP contribution is 2.46. The molecule has 2 N–H and O–H groups in total. The number of nitrogens with one attached hydrogen (secondary N) is 2. The minimum Gasteiger partial charge on any atom is -0.362 e. The first-order valence-corrected chi connectivity index (χ1v) is 9.73. The van der Waals surface area contributed by atoms with E-state index in [4.69, 9.17) is 11.6 Å². The molecule has 1 aliphatic heterocycles. The Morgan fingerprint density at radius 1 is 1.29 bits per heavy atom. The highest BCUT2D eigenvalue weighted by Gasteiger charge is 2.48. The van der Waals surface area contributed by atoms with Crippen LogP contribution >= 0.6 is 27.5 Å². The number of carbonyl (C=O) groups is 1. The van der Waals surface area contributed by atoms with Crippen molar-refractivity contribution in [2.75, 3.05) is 5.32 Å². The van der Waals surface area contributed by atoms with Gasteiger partial charge in [-0.25, -0.2) is 4.68 Å². The molecule has 152 valence electrons. The number of hydrogen-bond donors (Lipinski definition) is 2. The van der Waals surface area contributed by atoms with Crippen molar-refractivity contribution in [3.8, 4) is 0 Å². The second-order valence-corrected chi connectivity index (χ2v) is 9.00. The molecule has 1 aromatic carbocycles. The zero-order chi connectivity index (χ0) is 20.9. The lowest BCUT2D eigenvalue weighted by atomic mass is 9.97. The van der Waals surface area contributed by atoms with Crippen molar-refractivity contribution < 1.29 is 18.0 Å². The molecule has 1 amide bonds. The third kappa shape index (κ3) is 4.30. The quantitative estimate of drug-likeness (QED) is 0.599. The summed E-state index contributed by atoms with van der Waals surface area (Å²) >= 11 is 9.59. The fourth-order valence-electron chi connectivity index (χ4n) is 3.05. The van der Waals surface area contributed by atoms with Crippen molar-refractivity contribution in [3.63, 3.8) is 0 Å². The van der Waals surface area contributed by atoms with Crippen molar-refractivity contribution in [2.24, 2.45) is 0 Å². The van der Waals surface area contributed by atoms with Gasteiger partial charge in [0.25, 0.3) is 5.91 Å². The predicted molar refractivity (Wildman–Crippen MR) is 105 cm³/mol. The molecule has 1 aromatic heterocycles. The summed E-state index contributed by atoms with van der Waals surface area (Å²) in [5.74, 6) is -0.635. The van der Waals surface area contributed by atoms with E-state index in [0.717, 1.165) is 9.15 Å². The molecule has 0 fully saturated rings. The number of anilines is 1. The number of amides is 1. The average Bonchev–Trinajstić information content (AvgIpc) is 2.89. The van der Waals surface area contributed by atoms with Gasteiger partial charge in [-0.1, -0.05) is 39.7 Å². The van der Waals surface area contributed by atoms with Crippen molar-refractivity contribution in [1.29, 1.82) is 0 Å². The summed E-state index contributed by atoms with van der Waals surface area (Å²) < 4.78 is 42.8. The van der Waals surface area contributed by atoms with Crippen LogP contribution in [-0.2, 0) is 0 Å². The predicted octanol–water partition coefficient (Wildman–Crippen LogP) is 5.49. The number of benzene rings is 1. The van der Waals surface area contributed by atoms with E-state index < -0.39 is 29.7 Å². The second kappa shape index (κ2) is 7.26. The number of rotatable bonds is 2.